The van der Waals surface area contributed by atoms with E-state index in [1.165, 1.54) is 105 Å². The van der Waals surface area contributed by atoms with Crippen LogP contribution in [0.15, 0.2) is 279 Å². The molecule has 13 aromatic rings. The fourth-order valence-electron chi connectivity index (χ4n) is 12.2. The van der Waals surface area contributed by atoms with E-state index < -0.39 is 0 Å². The third kappa shape index (κ3) is 6.69. The Hall–Kier alpha value is -9.64. The molecule has 2 aliphatic rings. The number of benzene rings is 12. The monoisotopic (exact) mass is 939 g/mol. The summed E-state index contributed by atoms with van der Waals surface area (Å²) in [5.74, 6) is 0. The Morgan fingerprint density at radius 1 is 0.257 bits per heavy atom. The van der Waals surface area contributed by atoms with E-state index in [2.05, 4.69) is 293 Å². The molecule has 0 unspecified atom stereocenters. The summed E-state index contributed by atoms with van der Waals surface area (Å²) in [6, 6.07) is 103. The zero-order valence-electron chi connectivity index (χ0n) is 40.5. The molecule has 0 aliphatic carbocycles. The minimum absolute atomic E-state index is 0.104. The predicted molar refractivity (Wildman–Crippen MR) is 314 cm³/mol. The second-order valence-electron chi connectivity index (χ2n) is 19.6. The second-order valence-corrected chi connectivity index (χ2v) is 19.6. The van der Waals surface area contributed by atoms with Crippen LogP contribution in [0.2, 0.25) is 0 Å². The maximum Gasteiger partial charge on any atom is 0.252 e. The van der Waals surface area contributed by atoms with Crippen LogP contribution in [-0.2, 0) is 0 Å². The second kappa shape index (κ2) is 17.0. The third-order valence-electron chi connectivity index (χ3n) is 15.6. The molecule has 2 aliphatic heterocycles. The van der Waals surface area contributed by atoms with Gasteiger partial charge in [-0.05, 0) is 132 Å². The molecule has 0 amide bonds. The molecule has 344 valence electrons. The van der Waals surface area contributed by atoms with Crippen LogP contribution >= 0.6 is 0 Å². The van der Waals surface area contributed by atoms with Gasteiger partial charge >= 0.3 is 0 Å². The van der Waals surface area contributed by atoms with Gasteiger partial charge in [-0.15, -0.1) is 0 Å². The minimum Gasteiger partial charge on any atom is -0.311 e. The Labute approximate surface area is 431 Å². The molecule has 74 heavy (non-hydrogen) atoms. The molecule has 0 bridgehead atoms. The van der Waals surface area contributed by atoms with Crippen LogP contribution < -0.4 is 26.2 Å². The first-order valence-electron chi connectivity index (χ1n) is 25.6. The van der Waals surface area contributed by atoms with E-state index in [0.29, 0.717) is 0 Å². The lowest BCUT2D eigenvalue weighted by Gasteiger charge is -2.44. The molecule has 0 fully saturated rings. The Bertz CT molecular complexity index is 4080. The van der Waals surface area contributed by atoms with E-state index in [0.717, 1.165) is 28.4 Å². The van der Waals surface area contributed by atoms with Crippen molar-refractivity contribution in [2.75, 3.05) is 9.80 Å². The number of aromatic nitrogens is 1. The number of anilines is 6. The normalized spacial score (nSPS) is 12.5. The quantitative estimate of drug-likeness (QED) is 0.148. The number of hydrogen-bond acceptors (Lipinski definition) is 2. The molecule has 0 saturated carbocycles. The summed E-state index contributed by atoms with van der Waals surface area (Å²) in [7, 11) is 0. The molecule has 0 radical (unpaired) electrons. The molecule has 0 atom stereocenters. The minimum atomic E-state index is -0.104. The highest BCUT2D eigenvalue weighted by Crippen LogP contribution is 2.48. The molecule has 0 spiro atoms. The van der Waals surface area contributed by atoms with Crippen molar-refractivity contribution < 1.29 is 0 Å². The molecule has 3 heterocycles. The van der Waals surface area contributed by atoms with Gasteiger partial charge in [0.1, 0.15) is 0 Å². The molecular formula is C70H46BN3. The summed E-state index contributed by atoms with van der Waals surface area (Å²) in [4.78, 5) is 5.09. The van der Waals surface area contributed by atoms with E-state index >= 15 is 0 Å². The summed E-state index contributed by atoms with van der Waals surface area (Å²) in [5.41, 5.74) is 23.7. The van der Waals surface area contributed by atoms with E-state index in [4.69, 9.17) is 0 Å². The van der Waals surface area contributed by atoms with Crippen LogP contribution in [0.4, 0.5) is 34.1 Å². The molecule has 0 N–H and O–H groups in total. The van der Waals surface area contributed by atoms with Crippen molar-refractivity contribution in [2.45, 2.75) is 0 Å². The molecule has 1 aromatic heterocycles. The van der Waals surface area contributed by atoms with Crippen LogP contribution in [-0.4, -0.2) is 11.3 Å². The van der Waals surface area contributed by atoms with Crippen LogP contribution in [0.25, 0.3) is 82.8 Å². The van der Waals surface area contributed by atoms with Crippen LogP contribution in [0.1, 0.15) is 0 Å². The first-order valence-corrected chi connectivity index (χ1v) is 25.6. The van der Waals surface area contributed by atoms with Gasteiger partial charge in [-0.2, -0.15) is 0 Å². The molecule has 4 heteroatoms. The van der Waals surface area contributed by atoms with Crippen molar-refractivity contribution in [2.24, 2.45) is 0 Å². The Morgan fingerprint density at radius 3 is 1.16 bits per heavy atom. The molecule has 15 rings (SSSR count). The standard InChI is InChI=1S/C70H46BN3/c1-5-17-47(18-6-1)51-29-36-56(37-30-51)72-64-40-34-54(49-21-9-3-10-22-49)43-61(64)71-62-44-55(50-23-11-4-12-24-50)35-41-65(62)73(57-38-31-52(32-39-57)48-19-7-2-8-20-48)68-46-58(45-67(72)70(68)71)74-63-28-16-15-27-60(63)69-59-26-14-13-25-53(59)33-42-66(69)74/h1-46H. The van der Waals surface area contributed by atoms with Crippen molar-refractivity contribution >= 4 is 89.8 Å². The van der Waals surface area contributed by atoms with E-state index in [1.807, 2.05) is 0 Å². The number of hydrogen-bond donors (Lipinski definition) is 0. The highest BCUT2D eigenvalue weighted by molar-refractivity contribution is 7.00. The van der Waals surface area contributed by atoms with E-state index in [1.54, 1.807) is 0 Å². The lowest BCUT2D eigenvalue weighted by molar-refractivity contribution is 1.16. The van der Waals surface area contributed by atoms with Crippen molar-refractivity contribution in [3.63, 3.8) is 0 Å². The number of rotatable bonds is 7. The zero-order valence-corrected chi connectivity index (χ0v) is 40.5. The van der Waals surface area contributed by atoms with Crippen LogP contribution in [0.5, 0.6) is 0 Å². The number of para-hydroxylation sites is 1. The van der Waals surface area contributed by atoms with Crippen molar-refractivity contribution in [1.29, 1.82) is 0 Å². The molecule has 12 aromatic carbocycles. The summed E-state index contributed by atoms with van der Waals surface area (Å²) in [5, 5.41) is 5.00. The Balaban J connectivity index is 1.06. The fourth-order valence-corrected chi connectivity index (χ4v) is 12.2. The van der Waals surface area contributed by atoms with Crippen LogP contribution in [0, 0.1) is 0 Å². The average molecular weight is 940 g/mol. The first kappa shape index (κ1) is 42.1. The summed E-state index contributed by atoms with van der Waals surface area (Å²) >= 11 is 0. The fraction of sp³-hybridized carbons (Fsp3) is 0. The SMILES string of the molecule is c1ccc(-c2ccc(N3c4ccc(-c5ccccc5)cc4B4c5cc(-c6ccccc6)ccc5N(c5ccc(-c6ccccc6)cc5)c5cc(-n6c7ccccc7c7c8ccccc8ccc76)cc3c54)cc2)cc1. The van der Waals surface area contributed by atoms with Gasteiger partial charge in [-0.3, -0.25) is 0 Å². The largest absolute Gasteiger partial charge is 0.311 e. The lowest BCUT2D eigenvalue weighted by atomic mass is 9.33. The Kier molecular flexibility index (Phi) is 9.67. The smallest absolute Gasteiger partial charge is 0.252 e. The van der Waals surface area contributed by atoms with E-state index in [9.17, 15) is 0 Å². The zero-order chi connectivity index (χ0) is 48.7. The number of nitrogens with zero attached hydrogens (tertiary/aromatic N) is 3. The van der Waals surface area contributed by atoms with Crippen LogP contribution in [0.3, 0.4) is 0 Å². The van der Waals surface area contributed by atoms with Gasteiger partial charge in [0.05, 0.1) is 16.7 Å². The van der Waals surface area contributed by atoms with Gasteiger partial charge in [-0.25, -0.2) is 0 Å². The maximum atomic E-state index is 2.55. The van der Waals surface area contributed by atoms with Crippen molar-refractivity contribution in [1.82, 2.24) is 4.57 Å². The van der Waals surface area contributed by atoms with Gasteiger partial charge in [0.15, 0.2) is 0 Å². The van der Waals surface area contributed by atoms with Gasteiger partial charge in [-0.1, -0.05) is 218 Å². The highest BCUT2D eigenvalue weighted by Gasteiger charge is 2.44. The van der Waals surface area contributed by atoms with Gasteiger partial charge < -0.3 is 14.4 Å². The predicted octanol–water partition coefficient (Wildman–Crippen LogP) is 16.7. The Morgan fingerprint density at radius 2 is 0.662 bits per heavy atom. The molecular weight excluding hydrogens is 894 g/mol. The first-order chi connectivity index (χ1) is 36.7. The third-order valence-corrected chi connectivity index (χ3v) is 15.6. The van der Waals surface area contributed by atoms with Gasteiger partial charge in [0.25, 0.3) is 6.71 Å². The topological polar surface area (TPSA) is 11.4 Å². The summed E-state index contributed by atoms with van der Waals surface area (Å²) in [6.45, 7) is -0.104. The molecule has 0 saturated heterocycles. The lowest BCUT2D eigenvalue weighted by Crippen LogP contribution is -2.61. The summed E-state index contributed by atoms with van der Waals surface area (Å²) in [6.07, 6.45) is 0. The highest BCUT2D eigenvalue weighted by atomic mass is 15.2. The maximum absolute atomic E-state index is 2.55. The van der Waals surface area contributed by atoms with E-state index in [-0.39, 0.29) is 6.71 Å². The molecule has 3 nitrogen and oxygen atoms in total. The number of fused-ring (bicyclic) bond motifs is 9. The van der Waals surface area contributed by atoms with Gasteiger partial charge in [0, 0.05) is 44.9 Å². The summed E-state index contributed by atoms with van der Waals surface area (Å²) < 4.78 is 2.51. The van der Waals surface area contributed by atoms with Gasteiger partial charge in [0.2, 0.25) is 0 Å². The van der Waals surface area contributed by atoms with Crippen molar-refractivity contribution in [3.05, 3.63) is 279 Å². The average Bonchev–Trinajstić information content (AvgIpc) is 3.84. The van der Waals surface area contributed by atoms with Crippen molar-refractivity contribution in [3.8, 4) is 50.2 Å².